The maximum Gasteiger partial charge on any atom is 0.335 e. The summed E-state index contributed by atoms with van der Waals surface area (Å²) < 4.78 is 17.7. The summed E-state index contributed by atoms with van der Waals surface area (Å²) in [4.78, 5) is 11.6. The highest BCUT2D eigenvalue weighted by molar-refractivity contribution is 6.15. The highest BCUT2D eigenvalue weighted by Crippen LogP contribution is 2.31. The molecule has 0 heterocycles. The standard InChI is InChI=1S/C27H28O5/c1-4-23(27(28)29)24-13-9-8-10-21(24)18-32-26-17-19(2)16-25(20(26)3)31-15-14-30-22-11-6-5-7-12-22/h4-13,16-17H,14-15,18H2,1-3H3,(H,28,29). The minimum absolute atomic E-state index is 0.252. The van der Waals surface area contributed by atoms with Crippen molar-refractivity contribution in [3.05, 3.63) is 95.1 Å². The fraction of sp³-hybridized carbons (Fsp3) is 0.222. The van der Waals surface area contributed by atoms with E-state index in [1.807, 2.05) is 74.5 Å². The lowest BCUT2D eigenvalue weighted by atomic mass is 10.00. The lowest BCUT2D eigenvalue weighted by Crippen LogP contribution is -2.10. The summed E-state index contributed by atoms with van der Waals surface area (Å²) in [7, 11) is 0. The number of ether oxygens (including phenoxy) is 3. The Morgan fingerprint density at radius 1 is 0.875 bits per heavy atom. The van der Waals surface area contributed by atoms with Gasteiger partial charge in [0.2, 0.25) is 0 Å². The van der Waals surface area contributed by atoms with E-state index in [1.54, 1.807) is 19.1 Å². The van der Waals surface area contributed by atoms with Crippen molar-refractivity contribution < 1.29 is 24.1 Å². The number of carboxylic acids is 1. The van der Waals surface area contributed by atoms with Gasteiger partial charge in [-0.05, 0) is 61.7 Å². The maximum absolute atomic E-state index is 11.6. The molecule has 0 amide bonds. The molecule has 166 valence electrons. The molecule has 0 saturated heterocycles. The monoisotopic (exact) mass is 432 g/mol. The Balaban J connectivity index is 1.68. The Kier molecular flexibility index (Phi) is 7.92. The quantitative estimate of drug-likeness (QED) is 0.323. The van der Waals surface area contributed by atoms with Gasteiger partial charge in [0.05, 0.1) is 5.57 Å². The molecule has 1 N–H and O–H groups in total. The zero-order valence-corrected chi connectivity index (χ0v) is 18.6. The first kappa shape index (κ1) is 22.9. The van der Waals surface area contributed by atoms with Gasteiger partial charge in [0, 0.05) is 5.56 Å². The predicted molar refractivity (Wildman–Crippen MR) is 125 cm³/mol. The molecule has 0 aromatic heterocycles. The van der Waals surface area contributed by atoms with Gasteiger partial charge in [0.15, 0.2) is 0 Å². The van der Waals surface area contributed by atoms with Crippen LogP contribution in [0.4, 0.5) is 0 Å². The Bertz CT molecular complexity index is 1090. The van der Waals surface area contributed by atoms with E-state index in [2.05, 4.69) is 0 Å². The molecule has 0 atom stereocenters. The van der Waals surface area contributed by atoms with Gasteiger partial charge in [0.1, 0.15) is 37.1 Å². The van der Waals surface area contributed by atoms with Crippen LogP contribution in [0.1, 0.15) is 29.2 Å². The van der Waals surface area contributed by atoms with Crippen molar-refractivity contribution in [2.45, 2.75) is 27.4 Å². The molecule has 32 heavy (non-hydrogen) atoms. The number of benzene rings is 3. The summed E-state index contributed by atoms with van der Waals surface area (Å²) in [6, 6.07) is 20.9. The zero-order chi connectivity index (χ0) is 22.9. The first-order valence-corrected chi connectivity index (χ1v) is 10.5. The largest absolute Gasteiger partial charge is 0.490 e. The van der Waals surface area contributed by atoms with Gasteiger partial charge in [-0.15, -0.1) is 0 Å². The van der Waals surface area contributed by atoms with E-state index < -0.39 is 5.97 Å². The number of aryl methyl sites for hydroxylation is 1. The van der Waals surface area contributed by atoms with E-state index >= 15 is 0 Å². The van der Waals surface area contributed by atoms with Crippen LogP contribution in [-0.4, -0.2) is 24.3 Å². The second-order valence-electron chi connectivity index (χ2n) is 7.35. The summed E-state index contributed by atoms with van der Waals surface area (Å²) in [6.07, 6.45) is 1.60. The third-order valence-corrected chi connectivity index (χ3v) is 5.02. The SMILES string of the molecule is CC=C(C(=O)O)c1ccccc1COc1cc(C)cc(OCCOc2ccccc2)c1C. The number of rotatable bonds is 10. The molecule has 0 radical (unpaired) electrons. The average molecular weight is 433 g/mol. The molecule has 0 saturated carbocycles. The third kappa shape index (κ3) is 5.91. The topological polar surface area (TPSA) is 65.0 Å². The molecule has 0 unspecified atom stereocenters. The van der Waals surface area contributed by atoms with Crippen LogP contribution in [-0.2, 0) is 11.4 Å². The normalized spacial score (nSPS) is 11.2. The molecule has 0 spiro atoms. The van der Waals surface area contributed by atoms with Crippen LogP contribution < -0.4 is 14.2 Å². The van der Waals surface area contributed by atoms with E-state index in [4.69, 9.17) is 14.2 Å². The van der Waals surface area contributed by atoms with Crippen molar-refractivity contribution >= 4 is 11.5 Å². The van der Waals surface area contributed by atoms with Crippen LogP contribution in [0.25, 0.3) is 5.57 Å². The van der Waals surface area contributed by atoms with Crippen molar-refractivity contribution in [3.8, 4) is 17.2 Å². The predicted octanol–water partition coefficient (Wildman–Crippen LogP) is 5.83. The Hall–Kier alpha value is -3.73. The lowest BCUT2D eigenvalue weighted by Gasteiger charge is -2.17. The molecular formula is C27H28O5. The average Bonchev–Trinajstić information content (AvgIpc) is 2.79. The van der Waals surface area contributed by atoms with Crippen molar-refractivity contribution in [2.24, 2.45) is 0 Å². The zero-order valence-electron chi connectivity index (χ0n) is 18.6. The van der Waals surface area contributed by atoms with Crippen LogP contribution in [0, 0.1) is 13.8 Å². The molecular weight excluding hydrogens is 404 g/mol. The number of hydrogen-bond donors (Lipinski definition) is 1. The molecule has 0 aliphatic rings. The summed E-state index contributed by atoms with van der Waals surface area (Å²) in [6.45, 7) is 6.74. The molecule has 5 heteroatoms. The van der Waals surface area contributed by atoms with Gasteiger partial charge in [-0.2, -0.15) is 0 Å². The smallest absolute Gasteiger partial charge is 0.335 e. The van der Waals surface area contributed by atoms with Crippen molar-refractivity contribution in [2.75, 3.05) is 13.2 Å². The Labute approximate surface area is 188 Å². The molecule has 0 bridgehead atoms. The minimum atomic E-state index is -0.958. The Morgan fingerprint density at radius 3 is 2.19 bits per heavy atom. The summed E-state index contributed by atoms with van der Waals surface area (Å²) in [5.41, 5.74) is 3.62. The number of carbonyl (C=O) groups is 1. The van der Waals surface area contributed by atoms with E-state index in [0.29, 0.717) is 24.5 Å². The van der Waals surface area contributed by atoms with E-state index in [0.717, 1.165) is 28.2 Å². The molecule has 3 rings (SSSR count). The van der Waals surface area contributed by atoms with Crippen molar-refractivity contribution in [1.82, 2.24) is 0 Å². The van der Waals surface area contributed by atoms with Crippen LogP contribution in [0.5, 0.6) is 17.2 Å². The maximum atomic E-state index is 11.6. The van der Waals surface area contributed by atoms with Crippen molar-refractivity contribution in [1.29, 1.82) is 0 Å². The number of hydrogen-bond acceptors (Lipinski definition) is 4. The summed E-state index contributed by atoms with van der Waals surface area (Å²) in [5, 5.41) is 9.49. The molecule has 0 aliphatic carbocycles. The Morgan fingerprint density at radius 2 is 1.50 bits per heavy atom. The molecule has 3 aromatic rings. The van der Waals surface area contributed by atoms with Crippen LogP contribution >= 0.6 is 0 Å². The van der Waals surface area contributed by atoms with Gasteiger partial charge in [0.25, 0.3) is 0 Å². The summed E-state index contributed by atoms with van der Waals surface area (Å²) >= 11 is 0. The first-order valence-electron chi connectivity index (χ1n) is 10.5. The van der Waals surface area contributed by atoms with Gasteiger partial charge in [-0.25, -0.2) is 4.79 Å². The third-order valence-electron chi connectivity index (χ3n) is 5.02. The minimum Gasteiger partial charge on any atom is -0.490 e. The van der Waals surface area contributed by atoms with Gasteiger partial charge < -0.3 is 19.3 Å². The number of carboxylic acid groups (broad SMARTS) is 1. The van der Waals surface area contributed by atoms with Gasteiger partial charge in [-0.3, -0.25) is 0 Å². The van der Waals surface area contributed by atoms with Crippen LogP contribution in [0.2, 0.25) is 0 Å². The van der Waals surface area contributed by atoms with E-state index in [9.17, 15) is 9.90 Å². The second-order valence-corrected chi connectivity index (χ2v) is 7.35. The van der Waals surface area contributed by atoms with Gasteiger partial charge >= 0.3 is 5.97 Å². The summed E-state index contributed by atoms with van der Waals surface area (Å²) in [5.74, 6) is 1.29. The molecule has 5 nitrogen and oxygen atoms in total. The number of para-hydroxylation sites is 1. The highest BCUT2D eigenvalue weighted by atomic mass is 16.5. The number of aliphatic carboxylic acids is 1. The molecule has 0 aliphatic heterocycles. The van der Waals surface area contributed by atoms with E-state index in [-0.39, 0.29) is 12.2 Å². The lowest BCUT2D eigenvalue weighted by molar-refractivity contribution is -0.130. The number of allylic oxidation sites excluding steroid dienone is 1. The molecule has 3 aromatic carbocycles. The van der Waals surface area contributed by atoms with Crippen molar-refractivity contribution in [3.63, 3.8) is 0 Å². The first-order chi connectivity index (χ1) is 15.5. The fourth-order valence-electron chi connectivity index (χ4n) is 3.38. The second kappa shape index (κ2) is 11.0. The fourth-order valence-corrected chi connectivity index (χ4v) is 3.38. The van der Waals surface area contributed by atoms with Crippen LogP contribution in [0.3, 0.4) is 0 Å². The van der Waals surface area contributed by atoms with E-state index in [1.165, 1.54) is 0 Å². The molecule has 0 fully saturated rings. The highest BCUT2D eigenvalue weighted by Gasteiger charge is 2.15. The van der Waals surface area contributed by atoms with Gasteiger partial charge in [-0.1, -0.05) is 48.5 Å². The van der Waals surface area contributed by atoms with Crippen LogP contribution in [0.15, 0.2) is 72.8 Å².